The highest BCUT2D eigenvalue weighted by atomic mass is 16.3. The first-order chi connectivity index (χ1) is 8.50. The lowest BCUT2D eigenvalue weighted by Crippen LogP contribution is -2.48. The molecule has 1 heterocycles. The number of hydrogen-bond acceptors (Lipinski definition) is 3. The van der Waals surface area contributed by atoms with Gasteiger partial charge in [-0.15, -0.1) is 0 Å². The molecular formula is C15H32N2O. The predicted octanol–water partition coefficient (Wildman–Crippen LogP) is 2.10. The lowest BCUT2D eigenvalue weighted by atomic mass is 9.95. The summed E-state index contributed by atoms with van der Waals surface area (Å²) in [6.45, 7) is 13.8. The van der Waals surface area contributed by atoms with Crippen molar-refractivity contribution in [3.05, 3.63) is 0 Å². The first kappa shape index (κ1) is 15.9. The van der Waals surface area contributed by atoms with E-state index in [0.29, 0.717) is 0 Å². The summed E-state index contributed by atoms with van der Waals surface area (Å²) in [6.07, 6.45) is 3.50. The second kappa shape index (κ2) is 7.46. The van der Waals surface area contributed by atoms with Crippen molar-refractivity contribution in [2.24, 2.45) is 11.8 Å². The molecule has 1 aliphatic heterocycles. The van der Waals surface area contributed by atoms with Gasteiger partial charge in [-0.05, 0) is 57.7 Å². The molecule has 3 nitrogen and oxygen atoms in total. The zero-order valence-corrected chi connectivity index (χ0v) is 12.7. The van der Waals surface area contributed by atoms with Gasteiger partial charge in [0.25, 0.3) is 0 Å². The smallest absolute Gasteiger partial charge is 0.0611 e. The minimum Gasteiger partial charge on any atom is -0.394 e. The Hall–Kier alpha value is -0.120. The van der Waals surface area contributed by atoms with Crippen LogP contribution in [0.4, 0.5) is 0 Å². The second-order valence-electron chi connectivity index (χ2n) is 6.49. The van der Waals surface area contributed by atoms with Crippen LogP contribution in [0.3, 0.4) is 0 Å². The maximum Gasteiger partial charge on any atom is 0.0611 e. The van der Waals surface area contributed by atoms with Crippen LogP contribution in [0.5, 0.6) is 0 Å². The topological polar surface area (TPSA) is 35.5 Å². The largest absolute Gasteiger partial charge is 0.394 e. The van der Waals surface area contributed by atoms with E-state index in [2.05, 4.69) is 37.9 Å². The highest BCUT2D eigenvalue weighted by Gasteiger charge is 2.28. The van der Waals surface area contributed by atoms with E-state index in [4.69, 9.17) is 0 Å². The van der Waals surface area contributed by atoms with Crippen LogP contribution >= 0.6 is 0 Å². The van der Waals surface area contributed by atoms with Gasteiger partial charge in [0.05, 0.1) is 6.61 Å². The van der Waals surface area contributed by atoms with E-state index in [1.54, 1.807) is 0 Å². The number of aliphatic hydroxyl groups excluding tert-OH is 1. The average molecular weight is 256 g/mol. The van der Waals surface area contributed by atoms with Crippen molar-refractivity contribution >= 4 is 0 Å². The number of likely N-dealkylation sites (tertiary alicyclic amines) is 1. The summed E-state index contributed by atoms with van der Waals surface area (Å²) in [4.78, 5) is 2.56. The molecule has 2 atom stereocenters. The molecule has 1 fully saturated rings. The first-order valence-corrected chi connectivity index (χ1v) is 7.59. The van der Waals surface area contributed by atoms with Gasteiger partial charge in [-0.2, -0.15) is 0 Å². The molecule has 0 bridgehead atoms. The Labute approximate surface area is 113 Å². The molecule has 0 spiro atoms. The molecule has 1 rings (SSSR count). The van der Waals surface area contributed by atoms with Gasteiger partial charge in [0.1, 0.15) is 0 Å². The zero-order valence-electron chi connectivity index (χ0n) is 12.7. The van der Waals surface area contributed by atoms with Crippen LogP contribution in [0, 0.1) is 11.8 Å². The lowest BCUT2D eigenvalue weighted by Gasteiger charge is -2.31. The van der Waals surface area contributed by atoms with E-state index in [9.17, 15) is 5.11 Å². The summed E-state index contributed by atoms with van der Waals surface area (Å²) in [5.74, 6) is 1.67. The second-order valence-corrected chi connectivity index (χ2v) is 6.49. The van der Waals surface area contributed by atoms with Crippen LogP contribution in [0.25, 0.3) is 0 Å². The van der Waals surface area contributed by atoms with Crippen LogP contribution in [0.1, 0.15) is 47.0 Å². The predicted molar refractivity (Wildman–Crippen MR) is 77.8 cm³/mol. The van der Waals surface area contributed by atoms with E-state index in [0.717, 1.165) is 37.8 Å². The number of nitrogens with one attached hydrogen (secondary N) is 1. The lowest BCUT2D eigenvalue weighted by molar-refractivity contribution is 0.149. The molecule has 0 aromatic rings. The van der Waals surface area contributed by atoms with Gasteiger partial charge in [-0.3, -0.25) is 0 Å². The van der Waals surface area contributed by atoms with Crippen molar-refractivity contribution in [3.8, 4) is 0 Å². The Kier molecular flexibility index (Phi) is 6.61. The molecule has 0 aromatic heterocycles. The number of rotatable bonds is 8. The first-order valence-electron chi connectivity index (χ1n) is 7.59. The Morgan fingerprint density at radius 1 is 1.44 bits per heavy atom. The Morgan fingerprint density at radius 2 is 2.17 bits per heavy atom. The molecule has 0 saturated carbocycles. The van der Waals surface area contributed by atoms with E-state index in [1.807, 2.05) is 0 Å². The minimum absolute atomic E-state index is 0.105. The quantitative estimate of drug-likeness (QED) is 0.698. The van der Waals surface area contributed by atoms with E-state index >= 15 is 0 Å². The van der Waals surface area contributed by atoms with Crippen molar-refractivity contribution in [1.29, 1.82) is 0 Å². The van der Waals surface area contributed by atoms with Crippen molar-refractivity contribution < 1.29 is 5.11 Å². The number of aliphatic hydroxyl groups is 1. The molecular weight excluding hydrogens is 224 g/mol. The summed E-state index contributed by atoms with van der Waals surface area (Å²) in [6, 6.07) is 0. The summed E-state index contributed by atoms with van der Waals surface area (Å²) < 4.78 is 0. The molecule has 0 aromatic carbocycles. The Morgan fingerprint density at radius 3 is 2.67 bits per heavy atom. The van der Waals surface area contributed by atoms with Crippen LogP contribution in [0.15, 0.2) is 0 Å². The third-order valence-electron chi connectivity index (χ3n) is 4.38. The highest BCUT2D eigenvalue weighted by Crippen LogP contribution is 2.24. The van der Waals surface area contributed by atoms with E-state index < -0.39 is 0 Å². The highest BCUT2D eigenvalue weighted by molar-refractivity contribution is 4.85. The summed E-state index contributed by atoms with van der Waals surface area (Å²) in [5, 5.41) is 13.0. The van der Waals surface area contributed by atoms with Gasteiger partial charge < -0.3 is 15.3 Å². The van der Waals surface area contributed by atoms with Crippen molar-refractivity contribution in [2.75, 3.05) is 32.8 Å². The molecule has 0 aliphatic carbocycles. The summed E-state index contributed by atoms with van der Waals surface area (Å²) >= 11 is 0. The maximum atomic E-state index is 9.55. The fraction of sp³-hybridized carbons (Fsp3) is 1.00. The fourth-order valence-electron chi connectivity index (χ4n) is 2.66. The molecule has 0 radical (unpaired) electrons. The molecule has 2 unspecified atom stereocenters. The molecule has 3 heteroatoms. The standard InChI is InChI=1S/C15H32N2O/c1-5-8-16-15(4,12-18)7-10-17-9-6-14(11-17)13(2)3/h13-14,16,18H,5-12H2,1-4H3. The number of nitrogens with zero attached hydrogens (tertiary/aromatic N) is 1. The van der Waals surface area contributed by atoms with Crippen LogP contribution in [-0.4, -0.2) is 48.3 Å². The van der Waals surface area contributed by atoms with Crippen LogP contribution in [-0.2, 0) is 0 Å². The number of hydrogen-bond donors (Lipinski definition) is 2. The van der Waals surface area contributed by atoms with Gasteiger partial charge in [0, 0.05) is 12.1 Å². The molecule has 108 valence electrons. The Balaban J connectivity index is 2.31. The van der Waals surface area contributed by atoms with Gasteiger partial charge in [-0.1, -0.05) is 20.8 Å². The van der Waals surface area contributed by atoms with E-state index in [1.165, 1.54) is 19.5 Å². The fourth-order valence-corrected chi connectivity index (χ4v) is 2.66. The van der Waals surface area contributed by atoms with Crippen molar-refractivity contribution in [3.63, 3.8) is 0 Å². The van der Waals surface area contributed by atoms with Crippen molar-refractivity contribution in [1.82, 2.24) is 10.2 Å². The minimum atomic E-state index is -0.105. The summed E-state index contributed by atoms with van der Waals surface area (Å²) in [7, 11) is 0. The molecule has 1 aliphatic rings. The molecule has 18 heavy (non-hydrogen) atoms. The van der Waals surface area contributed by atoms with Gasteiger partial charge in [0.15, 0.2) is 0 Å². The molecule has 2 N–H and O–H groups in total. The SMILES string of the molecule is CCCNC(C)(CO)CCN1CCC(C(C)C)C1. The summed E-state index contributed by atoms with van der Waals surface area (Å²) in [5.41, 5.74) is -0.105. The van der Waals surface area contributed by atoms with Gasteiger partial charge >= 0.3 is 0 Å². The molecule has 1 saturated heterocycles. The third kappa shape index (κ3) is 4.87. The Bertz CT molecular complexity index is 233. The van der Waals surface area contributed by atoms with Crippen LogP contribution in [0.2, 0.25) is 0 Å². The zero-order chi connectivity index (χ0) is 13.6. The normalized spacial score (nSPS) is 24.7. The van der Waals surface area contributed by atoms with Crippen molar-refractivity contribution in [2.45, 2.75) is 52.5 Å². The maximum absolute atomic E-state index is 9.55. The monoisotopic (exact) mass is 256 g/mol. The van der Waals surface area contributed by atoms with Crippen LogP contribution < -0.4 is 5.32 Å². The molecule has 0 amide bonds. The van der Waals surface area contributed by atoms with Gasteiger partial charge in [0.2, 0.25) is 0 Å². The van der Waals surface area contributed by atoms with Gasteiger partial charge in [-0.25, -0.2) is 0 Å². The van der Waals surface area contributed by atoms with E-state index in [-0.39, 0.29) is 12.1 Å². The third-order valence-corrected chi connectivity index (χ3v) is 4.38. The average Bonchev–Trinajstić information content (AvgIpc) is 2.83.